The first-order chi connectivity index (χ1) is 17.4. The number of rotatable bonds is 7. The molecule has 36 heavy (non-hydrogen) atoms. The number of likely N-dealkylation sites (tertiary alicyclic amines) is 1. The number of anilines is 1. The Morgan fingerprint density at radius 2 is 2.11 bits per heavy atom. The van der Waals surface area contributed by atoms with Crippen molar-refractivity contribution in [2.45, 2.75) is 44.3 Å². The van der Waals surface area contributed by atoms with Gasteiger partial charge in [-0.05, 0) is 52.4 Å². The molecular formula is C26H32N8OS. The summed E-state index contributed by atoms with van der Waals surface area (Å²) in [4.78, 5) is 28.5. The highest BCUT2D eigenvalue weighted by Crippen LogP contribution is 2.35. The summed E-state index contributed by atoms with van der Waals surface area (Å²) in [5, 5.41) is 11.6. The van der Waals surface area contributed by atoms with Crippen molar-refractivity contribution in [2.24, 2.45) is 0 Å². The Morgan fingerprint density at radius 3 is 2.81 bits per heavy atom. The summed E-state index contributed by atoms with van der Waals surface area (Å²) in [6.45, 7) is 8.45. The summed E-state index contributed by atoms with van der Waals surface area (Å²) in [7, 11) is 4.34. The molecule has 188 valence electrons. The van der Waals surface area contributed by atoms with Crippen LogP contribution in [0, 0.1) is 0 Å². The van der Waals surface area contributed by atoms with Gasteiger partial charge >= 0.3 is 5.69 Å². The molecule has 0 spiro atoms. The predicted octanol–water partition coefficient (Wildman–Crippen LogP) is 1.98. The zero-order valence-electron chi connectivity index (χ0n) is 20.9. The molecule has 1 aliphatic carbocycles. The number of imidazole rings is 1. The quantitative estimate of drug-likeness (QED) is 0.356. The van der Waals surface area contributed by atoms with Crippen molar-refractivity contribution in [2.75, 3.05) is 32.5 Å². The average molecular weight is 505 g/mol. The van der Waals surface area contributed by atoms with E-state index in [2.05, 4.69) is 75.3 Å². The lowest BCUT2D eigenvalue weighted by Crippen LogP contribution is -2.32. The molecule has 1 saturated heterocycles. The molecule has 1 aliphatic heterocycles. The lowest BCUT2D eigenvalue weighted by Gasteiger charge is -2.25. The van der Waals surface area contributed by atoms with Crippen LogP contribution in [-0.2, 0) is 0 Å². The Bertz CT molecular complexity index is 1570. The maximum absolute atomic E-state index is 11.7. The molecule has 6 rings (SSSR count). The van der Waals surface area contributed by atoms with Crippen LogP contribution in [0.5, 0.6) is 0 Å². The van der Waals surface area contributed by atoms with Crippen molar-refractivity contribution in [1.82, 2.24) is 34.4 Å². The summed E-state index contributed by atoms with van der Waals surface area (Å²) < 4.78 is 1.85. The van der Waals surface area contributed by atoms with Gasteiger partial charge in [0.2, 0.25) is 0 Å². The molecule has 2 fully saturated rings. The van der Waals surface area contributed by atoms with Gasteiger partial charge in [-0.2, -0.15) is 9.61 Å². The van der Waals surface area contributed by atoms with Gasteiger partial charge in [-0.3, -0.25) is 4.90 Å². The van der Waals surface area contributed by atoms with E-state index in [0.29, 0.717) is 28.8 Å². The second kappa shape index (κ2) is 9.02. The summed E-state index contributed by atoms with van der Waals surface area (Å²) in [6.07, 6.45) is 7.20. The number of hydrogen-bond acceptors (Lipinski definition) is 7. The molecule has 5 heterocycles. The van der Waals surface area contributed by atoms with Crippen LogP contribution in [0.15, 0.2) is 28.5 Å². The van der Waals surface area contributed by atoms with Crippen LogP contribution in [0.25, 0.3) is 29.6 Å². The molecular weight excluding hydrogens is 472 g/mol. The van der Waals surface area contributed by atoms with Gasteiger partial charge in [0.05, 0.1) is 22.6 Å². The third-order valence-electron chi connectivity index (χ3n) is 7.37. The van der Waals surface area contributed by atoms with Gasteiger partial charge in [0.25, 0.3) is 0 Å². The van der Waals surface area contributed by atoms with E-state index < -0.39 is 0 Å². The number of thiophene rings is 1. The van der Waals surface area contributed by atoms with Crippen molar-refractivity contribution in [1.29, 1.82) is 0 Å². The van der Waals surface area contributed by atoms with E-state index in [0.717, 1.165) is 41.4 Å². The van der Waals surface area contributed by atoms with E-state index in [1.807, 2.05) is 10.6 Å². The largest absolute Gasteiger partial charge is 0.367 e. The van der Waals surface area contributed by atoms with E-state index in [1.165, 1.54) is 24.1 Å². The van der Waals surface area contributed by atoms with Crippen molar-refractivity contribution >= 4 is 35.5 Å². The number of nitrogens with zero attached hydrogens (tertiary/aromatic N) is 5. The van der Waals surface area contributed by atoms with Crippen LogP contribution in [0.3, 0.4) is 0 Å². The minimum absolute atomic E-state index is 0.276. The van der Waals surface area contributed by atoms with Crippen LogP contribution in [-0.4, -0.2) is 73.6 Å². The number of likely N-dealkylation sites (N-methyl/N-ethyl adjacent to an activating group) is 1. The van der Waals surface area contributed by atoms with E-state index in [9.17, 15) is 4.79 Å². The average Bonchev–Trinajstić information content (AvgIpc) is 3.25. The van der Waals surface area contributed by atoms with Crippen molar-refractivity contribution in [3.63, 3.8) is 0 Å². The zero-order valence-corrected chi connectivity index (χ0v) is 21.7. The van der Waals surface area contributed by atoms with E-state index >= 15 is 0 Å². The molecule has 10 heteroatoms. The van der Waals surface area contributed by atoms with Gasteiger partial charge in [-0.25, -0.2) is 9.78 Å². The van der Waals surface area contributed by atoms with Gasteiger partial charge in [0.1, 0.15) is 5.82 Å². The van der Waals surface area contributed by atoms with Crippen LogP contribution < -0.4 is 21.7 Å². The monoisotopic (exact) mass is 504 g/mol. The second-order valence-corrected chi connectivity index (χ2v) is 11.2. The number of aromatic nitrogens is 5. The molecule has 9 nitrogen and oxygen atoms in total. The molecule has 0 aromatic carbocycles. The third-order valence-corrected chi connectivity index (χ3v) is 8.47. The Morgan fingerprint density at radius 1 is 1.28 bits per heavy atom. The number of H-pyrrole nitrogens is 2. The minimum Gasteiger partial charge on any atom is -0.367 e. The molecule has 2 aliphatic rings. The maximum atomic E-state index is 11.7. The van der Waals surface area contributed by atoms with Crippen molar-refractivity contribution < 1.29 is 0 Å². The molecule has 0 amide bonds. The van der Waals surface area contributed by atoms with Gasteiger partial charge < -0.3 is 20.2 Å². The standard InChI is InChI=1S/C26H32N8OS/c1-15-21(31-26(35)28-15)9-17-12-27-34-24(29-19-5-6-19)11-22(30-25(17)34)18-10-23(36-14-18)16(2)33-8-7-20(13-33)32(3)4/h9-12,14,16,19-20,29H,1,5-8,13H2,2-4H3,(H2,28,31,35)/b21-9-. The maximum Gasteiger partial charge on any atom is 0.323 e. The summed E-state index contributed by atoms with van der Waals surface area (Å²) >= 11 is 1.80. The van der Waals surface area contributed by atoms with Crippen LogP contribution in [0.1, 0.15) is 42.7 Å². The molecule has 4 aromatic rings. The van der Waals surface area contributed by atoms with Gasteiger partial charge in [-0.15, -0.1) is 11.3 Å². The molecule has 1 saturated carbocycles. The third kappa shape index (κ3) is 4.40. The summed E-state index contributed by atoms with van der Waals surface area (Å²) in [6, 6.07) is 5.86. The fourth-order valence-electron chi connectivity index (χ4n) is 4.91. The summed E-state index contributed by atoms with van der Waals surface area (Å²) in [5.74, 6) is 0.934. The lowest BCUT2D eigenvalue weighted by molar-refractivity contribution is 0.230. The Kier molecular flexibility index (Phi) is 5.82. The van der Waals surface area contributed by atoms with Crippen LogP contribution in [0.4, 0.5) is 5.82 Å². The summed E-state index contributed by atoms with van der Waals surface area (Å²) in [5.41, 5.74) is 3.33. The normalized spacial score (nSPS) is 20.1. The lowest BCUT2D eigenvalue weighted by atomic mass is 10.1. The topological polar surface area (TPSA) is 97.3 Å². The second-order valence-electron chi connectivity index (χ2n) is 10.2. The fourth-order valence-corrected chi connectivity index (χ4v) is 5.90. The highest BCUT2D eigenvalue weighted by atomic mass is 32.1. The van der Waals surface area contributed by atoms with E-state index in [-0.39, 0.29) is 5.69 Å². The van der Waals surface area contributed by atoms with Gasteiger partial charge in [0, 0.05) is 58.7 Å². The first-order valence-corrected chi connectivity index (χ1v) is 13.4. The molecule has 0 radical (unpaired) electrons. The van der Waals surface area contributed by atoms with Crippen molar-refractivity contribution in [3.05, 3.63) is 55.3 Å². The van der Waals surface area contributed by atoms with Crippen LogP contribution in [0.2, 0.25) is 0 Å². The zero-order chi connectivity index (χ0) is 25.0. The van der Waals surface area contributed by atoms with E-state index in [1.54, 1.807) is 17.5 Å². The first-order valence-electron chi connectivity index (χ1n) is 12.5. The first kappa shape index (κ1) is 23.2. The van der Waals surface area contributed by atoms with Gasteiger partial charge in [-0.1, -0.05) is 6.58 Å². The number of aromatic amines is 2. The minimum atomic E-state index is -0.276. The van der Waals surface area contributed by atoms with Crippen molar-refractivity contribution in [3.8, 4) is 11.3 Å². The Hall–Kier alpha value is -3.21. The SMILES string of the molecule is C=c1[nH]c(=O)[nH]/c1=C\c1cnn2c(NC3CC3)cc(-c3csc(C(C)N4CCC(N(C)C)C4)c3)nc12. The van der Waals surface area contributed by atoms with Gasteiger partial charge in [0.15, 0.2) is 5.65 Å². The highest BCUT2D eigenvalue weighted by molar-refractivity contribution is 7.10. The predicted molar refractivity (Wildman–Crippen MR) is 145 cm³/mol. The molecule has 3 N–H and O–H groups in total. The van der Waals surface area contributed by atoms with Crippen LogP contribution >= 0.6 is 11.3 Å². The Labute approximate surface area is 213 Å². The molecule has 2 unspecified atom stereocenters. The molecule has 4 aromatic heterocycles. The molecule has 2 atom stereocenters. The smallest absolute Gasteiger partial charge is 0.323 e. The highest BCUT2D eigenvalue weighted by Gasteiger charge is 2.29. The fraction of sp³-hybridized carbons (Fsp3) is 0.423. The molecule has 0 bridgehead atoms. The Balaban J connectivity index is 1.37. The van der Waals surface area contributed by atoms with E-state index in [4.69, 9.17) is 4.98 Å². The number of hydrogen-bond donors (Lipinski definition) is 3. The number of fused-ring (bicyclic) bond motifs is 1. The number of nitrogens with one attached hydrogen (secondary N) is 3.